The predicted molar refractivity (Wildman–Crippen MR) is 113 cm³/mol. The minimum atomic E-state index is -3.35. The molecule has 0 bridgehead atoms. The van der Waals surface area contributed by atoms with E-state index in [0.29, 0.717) is 6.61 Å². The summed E-state index contributed by atoms with van der Waals surface area (Å²) in [5, 5.41) is 0. The maximum Gasteiger partial charge on any atom is 0.331 e. The normalized spacial score (nSPS) is 18.1. The molecule has 0 saturated heterocycles. The Morgan fingerprint density at radius 2 is 1.15 bits per heavy atom. The van der Waals surface area contributed by atoms with E-state index in [0.717, 1.165) is 38.5 Å². The highest BCUT2D eigenvalue weighted by molar-refractivity contribution is 7.53. The van der Waals surface area contributed by atoms with Crippen LogP contribution in [0, 0.1) is 0 Å². The average molecular weight is 389 g/mol. The van der Waals surface area contributed by atoms with Crippen molar-refractivity contribution in [2.24, 2.45) is 0 Å². The van der Waals surface area contributed by atoms with Gasteiger partial charge >= 0.3 is 7.60 Å². The lowest BCUT2D eigenvalue weighted by Crippen LogP contribution is -2.14. The highest BCUT2D eigenvalue weighted by Crippen LogP contribution is 2.52. The van der Waals surface area contributed by atoms with Crippen LogP contribution in [0.4, 0.5) is 0 Å². The summed E-state index contributed by atoms with van der Waals surface area (Å²) in [5.74, 6) is 0. The zero-order valence-electron chi connectivity index (χ0n) is 17.4. The van der Waals surface area contributed by atoms with Gasteiger partial charge in [0, 0.05) is 0 Å². The standard InChI is InChI=1S/C22H45O3P/c1-2-3-4-5-6-7-8-9-10-11-12-13-14-18-21-25-26(23,24)22-19-16-15-17-20-22/h22H,2-21H2,1H3,(H,23,24). The van der Waals surface area contributed by atoms with E-state index in [1.165, 1.54) is 83.5 Å². The number of hydrogen-bond donors (Lipinski definition) is 1. The summed E-state index contributed by atoms with van der Waals surface area (Å²) in [6, 6.07) is 0. The van der Waals surface area contributed by atoms with Gasteiger partial charge in [-0.1, -0.05) is 110 Å². The summed E-state index contributed by atoms with van der Waals surface area (Å²) in [4.78, 5) is 10.1. The van der Waals surface area contributed by atoms with Gasteiger partial charge in [-0.05, 0) is 19.3 Å². The van der Waals surface area contributed by atoms with Crippen molar-refractivity contribution in [1.82, 2.24) is 0 Å². The van der Waals surface area contributed by atoms with Gasteiger partial charge in [0.05, 0.1) is 12.3 Å². The molecule has 1 aliphatic rings. The van der Waals surface area contributed by atoms with Gasteiger partial charge in [-0.25, -0.2) is 0 Å². The lowest BCUT2D eigenvalue weighted by atomic mass is 10.0. The van der Waals surface area contributed by atoms with E-state index in [-0.39, 0.29) is 5.66 Å². The maximum atomic E-state index is 12.2. The largest absolute Gasteiger partial charge is 0.331 e. The van der Waals surface area contributed by atoms with Crippen molar-refractivity contribution in [2.45, 2.75) is 135 Å². The molecule has 4 heteroatoms. The van der Waals surface area contributed by atoms with Crippen molar-refractivity contribution in [2.75, 3.05) is 6.61 Å². The van der Waals surface area contributed by atoms with E-state index in [1.54, 1.807) is 0 Å². The van der Waals surface area contributed by atoms with Crippen LogP contribution in [0.25, 0.3) is 0 Å². The van der Waals surface area contributed by atoms with Gasteiger partial charge in [-0.3, -0.25) is 4.57 Å². The minimum Gasteiger partial charge on any atom is -0.324 e. The van der Waals surface area contributed by atoms with E-state index in [9.17, 15) is 9.46 Å². The Morgan fingerprint density at radius 1 is 0.731 bits per heavy atom. The molecule has 1 N–H and O–H groups in total. The predicted octanol–water partition coefficient (Wildman–Crippen LogP) is 8.00. The van der Waals surface area contributed by atoms with E-state index in [4.69, 9.17) is 4.52 Å². The topological polar surface area (TPSA) is 46.5 Å². The van der Waals surface area contributed by atoms with Gasteiger partial charge in [0.15, 0.2) is 0 Å². The Labute approximate surface area is 163 Å². The molecular weight excluding hydrogens is 343 g/mol. The second kappa shape index (κ2) is 16.1. The third kappa shape index (κ3) is 12.5. The first-order valence-corrected chi connectivity index (χ1v) is 13.3. The highest BCUT2D eigenvalue weighted by atomic mass is 31.2. The van der Waals surface area contributed by atoms with Crippen LogP contribution in [-0.2, 0) is 9.09 Å². The highest BCUT2D eigenvalue weighted by Gasteiger charge is 2.32. The van der Waals surface area contributed by atoms with E-state index in [1.807, 2.05) is 0 Å². The molecule has 0 aliphatic heterocycles. The van der Waals surface area contributed by atoms with Crippen molar-refractivity contribution in [3.8, 4) is 0 Å². The van der Waals surface area contributed by atoms with Crippen molar-refractivity contribution >= 4 is 7.60 Å². The second-order valence-electron chi connectivity index (χ2n) is 8.29. The molecule has 0 aromatic heterocycles. The fourth-order valence-corrected chi connectivity index (χ4v) is 5.62. The van der Waals surface area contributed by atoms with Gasteiger partial charge in [0.25, 0.3) is 0 Å². The summed E-state index contributed by atoms with van der Waals surface area (Å²) < 4.78 is 17.6. The smallest absolute Gasteiger partial charge is 0.324 e. The van der Waals surface area contributed by atoms with Crippen molar-refractivity contribution in [3.63, 3.8) is 0 Å². The molecule has 1 atom stereocenters. The molecule has 0 spiro atoms. The first kappa shape index (κ1) is 24.2. The van der Waals surface area contributed by atoms with Crippen LogP contribution in [-0.4, -0.2) is 17.2 Å². The first-order valence-electron chi connectivity index (χ1n) is 11.6. The molecular formula is C22H45O3P. The summed E-state index contributed by atoms with van der Waals surface area (Å²) in [5.41, 5.74) is -0.0945. The Bertz CT molecular complexity index is 353. The van der Waals surface area contributed by atoms with E-state index >= 15 is 0 Å². The molecule has 1 aliphatic carbocycles. The van der Waals surface area contributed by atoms with Gasteiger partial charge in [0.1, 0.15) is 0 Å². The Balaban J connectivity index is 1.81. The lowest BCUT2D eigenvalue weighted by molar-refractivity contribution is 0.237. The molecule has 1 fully saturated rings. The molecule has 0 radical (unpaired) electrons. The Hall–Kier alpha value is 0.150. The second-order valence-corrected chi connectivity index (χ2v) is 10.4. The van der Waals surface area contributed by atoms with Gasteiger partial charge in [-0.15, -0.1) is 0 Å². The van der Waals surface area contributed by atoms with E-state index in [2.05, 4.69) is 6.92 Å². The SMILES string of the molecule is CCCCCCCCCCCCCCCCOP(=O)(O)C1CCCCC1. The molecule has 156 valence electrons. The first-order chi connectivity index (χ1) is 12.7. The minimum absolute atomic E-state index is 0.0945. The third-order valence-corrected chi connectivity index (χ3v) is 7.80. The number of rotatable bonds is 17. The van der Waals surface area contributed by atoms with Gasteiger partial charge in [0.2, 0.25) is 0 Å². The molecule has 1 unspecified atom stereocenters. The fourth-order valence-electron chi connectivity index (χ4n) is 4.00. The van der Waals surface area contributed by atoms with Crippen molar-refractivity contribution in [3.05, 3.63) is 0 Å². The van der Waals surface area contributed by atoms with Crippen LogP contribution < -0.4 is 0 Å². The quantitative estimate of drug-likeness (QED) is 0.203. The molecule has 0 amide bonds. The summed E-state index contributed by atoms with van der Waals surface area (Å²) >= 11 is 0. The molecule has 1 rings (SSSR count). The summed E-state index contributed by atoms with van der Waals surface area (Å²) in [6.07, 6.45) is 23.7. The van der Waals surface area contributed by atoms with Crippen LogP contribution in [0.2, 0.25) is 0 Å². The van der Waals surface area contributed by atoms with E-state index < -0.39 is 7.60 Å². The van der Waals surface area contributed by atoms with Crippen LogP contribution in [0.15, 0.2) is 0 Å². The molecule has 0 heterocycles. The maximum absolute atomic E-state index is 12.2. The summed E-state index contributed by atoms with van der Waals surface area (Å²) in [6.45, 7) is 2.73. The average Bonchev–Trinajstić information content (AvgIpc) is 2.65. The number of hydrogen-bond acceptors (Lipinski definition) is 2. The molecule has 0 aromatic rings. The summed E-state index contributed by atoms with van der Waals surface area (Å²) in [7, 11) is -3.35. The zero-order chi connectivity index (χ0) is 18.9. The van der Waals surface area contributed by atoms with Crippen LogP contribution >= 0.6 is 7.60 Å². The zero-order valence-corrected chi connectivity index (χ0v) is 18.3. The Kier molecular flexibility index (Phi) is 15.0. The monoisotopic (exact) mass is 388 g/mol. The van der Waals surface area contributed by atoms with Crippen molar-refractivity contribution in [1.29, 1.82) is 0 Å². The lowest BCUT2D eigenvalue weighted by Gasteiger charge is -2.25. The van der Waals surface area contributed by atoms with Crippen LogP contribution in [0.5, 0.6) is 0 Å². The number of unbranched alkanes of at least 4 members (excludes halogenated alkanes) is 13. The molecule has 0 aromatic carbocycles. The molecule has 26 heavy (non-hydrogen) atoms. The molecule has 3 nitrogen and oxygen atoms in total. The Morgan fingerprint density at radius 3 is 1.62 bits per heavy atom. The molecule has 1 saturated carbocycles. The van der Waals surface area contributed by atoms with Crippen molar-refractivity contribution < 1.29 is 14.0 Å². The van der Waals surface area contributed by atoms with Gasteiger partial charge < -0.3 is 9.42 Å². The fraction of sp³-hybridized carbons (Fsp3) is 1.00. The third-order valence-electron chi connectivity index (χ3n) is 5.81. The van der Waals surface area contributed by atoms with Crippen LogP contribution in [0.3, 0.4) is 0 Å². The van der Waals surface area contributed by atoms with Crippen LogP contribution in [0.1, 0.15) is 129 Å². The van der Waals surface area contributed by atoms with Gasteiger partial charge in [-0.2, -0.15) is 0 Å².